The number of aromatic nitrogens is 2. The topological polar surface area (TPSA) is 54.9 Å². The van der Waals surface area contributed by atoms with Crippen LogP contribution in [-0.4, -0.2) is 15.9 Å². The molecule has 4 nitrogen and oxygen atoms in total. The van der Waals surface area contributed by atoms with Crippen molar-refractivity contribution in [1.29, 1.82) is 0 Å². The Balaban J connectivity index is 2.22. The van der Waals surface area contributed by atoms with Gasteiger partial charge in [-0.1, -0.05) is 0 Å². The van der Waals surface area contributed by atoms with Crippen LogP contribution in [-0.2, 0) is 6.18 Å². The van der Waals surface area contributed by atoms with Crippen molar-refractivity contribution in [3.8, 4) is 0 Å². The number of alkyl halides is 3. The van der Waals surface area contributed by atoms with Crippen molar-refractivity contribution in [1.82, 2.24) is 9.97 Å². The standard InChI is InChI=1S/C13H9BrF3N3O/c1-7-10(14)5-9(6-19-7)20-12(21)11-4-8(2-3-18-11)13(15,16)17/h2-6H,1H3,(H,20,21). The number of hydrogen-bond acceptors (Lipinski definition) is 3. The first-order valence-electron chi connectivity index (χ1n) is 5.74. The van der Waals surface area contributed by atoms with Crippen LogP contribution in [0.5, 0.6) is 0 Å². The van der Waals surface area contributed by atoms with E-state index in [1.54, 1.807) is 13.0 Å². The lowest BCUT2D eigenvalue weighted by atomic mass is 10.2. The van der Waals surface area contributed by atoms with Gasteiger partial charge >= 0.3 is 6.18 Å². The van der Waals surface area contributed by atoms with E-state index < -0.39 is 17.6 Å². The molecule has 21 heavy (non-hydrogen) atoms. The number of nitrogens with one attached hydrogen (secondary N) is 1. The Morgan fingerprint density at radius 2 is 2.00 bits per heavy atom. The number of pyridine rings is 2. The molecule has 2 heterocycles. The smallest absolute Gasteiger partial charge is 0.319 e. The molecule has 2 aromatic heterocycles. The summed E-state index contributed by atoms with van der Waals surface area (Å²) in [4.78, 5) is 19.6. The number of amides is 1. The van der Waals surface area contributed by atoms with Crippen LogP contribution >= 0.6 is 15.9 Å². The van der Waals surface area contributed by atoms with E-state index in [2.05, 4.69) is 31.2 Å². The number of aryl methyl sites for hydroxylation is 1. The number of anilines is 1. The monoisotopic (exact) mass is 359 g/mol. The normalized spacial score (nSPS) is 11.3. The molecule has 0 saturated heterocycles. The molecule has 0 radical (unpaired) electrons. The highest BCUT2D eigenvalue weighted by molar-refractivity contribution is 9.10. The second-order valence-corrected chi connectivity index (χ2v) is 5.03. The number of carbonyl (C=O) groups is 1. The molecule has 1 N–H and O–H groups in total. The van der Waals surface area contributed by atoms with Crippen LogP contribution in [0, 0.1) is 6.92 Å². The zero-order chi connectivity index (χ0) is 15.6. The van der Waals surface area contributed by atoms with Gasteiger partial charge < -0.3 is 5.32 Å². The Labute approximate surface area is 126 Å². The van der Waals surface area contributed by atoms with Crippen molar-refractivity contribution in [3.63, 3.8) is 0 Å². The Kier molecular flexibility index (Phi) is 4.26. The van der Waals surface area contributed by atoms with E-state index in [1.165, 1.54) is 6.20 Å². The number of rotatable bonds is 2. The summed E-state index contributed by atoms with van der Waals surface area (Å²) < 4.78 is 38.4. The Bertz CT molecular complexity index is 689. The minimum absolute atomic E-state index is 0.318. The average Bonchev–Trinajstić information content (AvgIpc) is 2.42. The van der Waals surface area contributed by atoms with Gasteiger partial charge in [0.2, 0.25) is 0 Å². The summed E-state index contributed by atoms with van der Waals surface area (Å²) in [5.41, 5.74) is -0.158. The van der Waals surface area contributed by atoms with Crippen molar-refractivity contribution in [2.45, 2.75) is 13.1 Å². The average molecular weight is 360 g/mol. The van der Waals surface area contributed by atoms with E-state index >= 15 is 0 Å². The molecular formula is C13H9BrF3N3O. The first-order valence-corrected chi connectivity index (χ1v) is 6.53. The van der Waals surface area contributed by atoms with Gasteiger partial charge in [-0.25, -0.2) is 0 Å². The molecule has 0 spiro atoms. The third-order valence-electron chi connectivity index (χ3n) is 2.60. The molecule has 110 valence electrons. The third kappa shape index (κ3) is 3.78. The van der Waals surface area contributed by atoms with E-state index in [-0.39, 0.29) is 5.69 Å². The van der Waals surface area contributed by atoms with Gasteiger partial charge in [0.15, 0.2) is 0 Å². The van der Waals surface area contributed by atoms with Gasteiger partial charge in [-0.3, -0.25) is 14.8 Å². The predicted octanol–water partition coefficient (Wildman–Crippen LogP) is 3.82. The second kappa shape index (κ2) is 5.80. The van der Waals surface area contributed by atoms with E-state index in [0.717, 1.165) is 18.0 Å². The van der Waals surface area contributed by atoms with Crippen molar-refractivity contribution >= 4 is 27.5 Å². The first-order chi connectivity index (χ1) is 9.77. The number of nitrogens with zero attached hydrogens (tertiary/aromatic N) is 2. The molecule has 0 saturated carbocycles. The van der Waals surface area contributed by atoms with Crippen LogP contribution < -0.4 is 5.32 Å². The lowest BCUT2D eigenvalue weighted by molar-refractivity contribution is -0.137. The second-order valence-electron chi connectivity index (χ2n) is 4.17. The van der Waals surface area contributed by atoms with Crippen LogP contribution in [0.2, 0.25) is 0 Å². The zero-order valence-corrected chi connectivity index (χ0v) is 12.3. The van der Waals surface area contributed by atoms with Crippen LogP contribution in [0.4, 0.5) is 18.9 Å². The molecule has 0 aliphatic heterocycles. The van der Waals surface area contributed by atoms with Crippen LogP contribution in [0.3, 0.4) is 0 Å². The van der Waals surface area contributed by atoms with Gasteiger partial charge in [-0.2, -0.15) is 13.2 Å². The van der Waals surface area contributed by atoms with Crippen molar-refractivity contribution in [2.75, 3.05) is 5.32 Å². The highest BCUT2D eigenvalue weighted by Gasteiger charge is 2.31. The quantitative estimate of drug-likeness (QED) is 0.886. The molecule has 2 aromatic rings. The summed E-state index contributed by atoms with van der Waals surface area (Å²) in [6.07, 6.45) is -2.17. The Morgan fingerprint density at radius 3 is 2.62 bits per heavy atom. The minimum atomic E-state index is -4.52. The number of halogens is 4. The van der Waals surface area contributed by atoms with Gasteiger partial charge in [0, 0.05) is 10.7 Å². The van der Waals surface area contributed by atoms with Crippen LogP contribution in [0.15, 0.2) is 35.1 Å². The van der Waals surface area contributed by atoms with Crippen molar-refractivity contribution in [2.24, 2.45) is 0 Å². The molecule has 0 aromatic carbocycles. The molecule has 2 rings (SSSR count). The van der Waals surface area contributed by atoms with Gasteiger partial charge in [-0.05, 0) is 41.1 Å². The molecule has 0 unspecified atom stereocenters. The molecule has 0 atom stereocenters. The van der Waals surface area contributed by atoms with Crippen LogP contribution in [0.1, 0.15) is 21.7 Å². The fraction of sp³-hybridized carbons (Fsp3) is 0.154. The maximum atomic E-state index is 12.6. The summed E-state index contributed by atoms with van der Waals surface area (Å²) >= 11 is 3.25. The maximum Gasteiger partial charge on any atom is 0.416 e. The minimum Gasteiger partial charge on any atom is -0.319 e. The van der Waals surface area contributed by atoms with Gasteiger partial charge in [0.05, 0.1) is 23.1 Å². The zero-order valence-electron chi connectivity index (χ0n) is 10.7. The lowest BCUT2D eigenvalue weighted by Gasteiger charge is -2.09. The first kappa shape index (κ1) is 15.4. The fourth-order valence-corrected chi connectivity index (χ4v) is 1.85. The molecule has 0 fully saturated rings. The van der Waals surface area contributed by atoms with Crippen molar-refractivity contribution in [3.05, 3.63) is 52.0 Å². The number of hydrogen-bond donors (Lipinski definition) is 1. The Hall–Kier alpha value is -1.96. The van der Waals surface area contributed by atoms with E-state index in [1.807, 2.05) is 0 Å². The molecular weight excluding hydrogens is 351 g/mol. The van der Waals surface area contributed by atoms with E-state index in [9.17, 15) is 18.0 Å². The highest BCUT2D eigenvalue weighted by atomic mass is 79.9. The van der Waals surface area contributed by atoms with E-state index in [4.69, 9.17) is 0 Å². The Morgan fingerprint density at radius 1 is 1.29 bits per heavy atom. The van der Waals surface area contributed by atoms with Gasteiger partial charge in [-0.15, -0.1) is 0 Å². The summed E-state index contributed by atoms with van der Waals surface area (Å²) in [5.74, 6) is -0.737. The van der Waals surface area contributed by atoms with Crippen LogP contribution in [0.25, 0.3) is 0 Å². The SMILES string of the molecule is Cc1ncc(NC(=O)c2cc(C(F)(F)F)ccn2)cc1Br. The predicted molar refractivity (Wildman–Crippen MR) is 73.9 cm³/mol. The van der Waals surface area contributed by atoms with Gasteiger partial charge in [0.25, 0.3) is 5.91 Å². The third-order valence-corrected chi connectivity index (χ3v) is 3.41. The van der Waals surface area contributed by atoms with Gasteiger partial charge in [0.1, 0.15) is 5.69 Å². The van der Waals surface area contributed by atoms with E-state index in [0.29, 0.717) is 16.2 Å². The summed E-state index contributed by atoms with van der Waals surface area (Å²) in [5, 5.41) is 2.44. The summed E-state index contributed by atoms with van der Waals surface area (Å²) in [6.45, 7) is 1.77. The largest absolute Gasteiger partial charge is 0.416 e. The lowest BCUT2D eigenvalue weighted by Crippen LogP contribution is -2.15. The summed E-state index contributed by atoms with van der Waals surface area (Å²) in [7, 11) is 0. The molecule has 0 bridgehead atoms. The molecule has 0 aliphatic carbocycles. The summed E-state index contributed by atoms with van der Waals surface area (Å²) in [6, 6.07) is 3.11. The molecule has 1 amide bonds. The number of carbonyl (C=O) groups excluding carboxylic acids is 1. The van der Waals surface area contributed by atoms with Crippen molar-refractivity contribution < 1.29 is 18.0 Å². The molecule has 8 heteroatoms. The fourth-order valence-electron chi connectivity index (χ4n) is 1.50. The highest BCUT2D eigenvalue weighted by Crippen LogP contribution is 2.29. The maximum absolute atomic E-state index is 12.6. The molecule has 0 aliphatic rings.